The Labute approximate surface area is 95.5 Å². The number of nitro groups is 1. The third-order valence-corrected chi connectivity index (χ3v) is 1.87. The van der Waals surface area contributed by atoms with Gasteiger partial charge in [0.15, 0.2) is 16.6 Å². The van der Waals surface area contributed by atoms with Crippen molar-refractivity contribution in [2.24, 2.45) is 0 Å². The quantitative estimate of drug-likeness (QED) is 0.337. The first-order chi connectivity index (χ1) is 8.77. The maximum atomic E-state index is 10.8. The Morgan fingerprint density at radius 3 is 2.28 bits per heavy atom. The van der Waals surface area contributed by atoms with Gasteiger partial charge < -0.3 is 20.3 Å². The molecule has 0 fully saturated rings. The van der Waals surface area contributed by atoms with Crippen molar-refractivity contribution in [2.45, 2.75) is 0 Å². The van der Waals surface area contributed by atoms with E-state index in [0.717, 1.165) is 0 Å². The van der Waals surface area contributed by atoms with Crippen LogP contribution in [0.5, 0.6) is 0 Å². The third kappa shape index (κ3) is 1.36. The van der Waals surface area contributed by atoms with Gasteiger partial charge in [-0.05, 0) is 5.10 Å². The zero-order chi connectivity index (χ0) is 12.5. The molecule has 18 heavy (non-hydrogen) atoms. The molecule has 0 atom stereocenters. The van der Waals surface area contributed by atoms with Crippen LogP contribution < -0.4 is 10.2 Å². The first-order valence-electron chi connectivity index (χ1n) is 4.26. The highest BCUT2D eigenvalue weighted by molar-refractivity contribution is 5.68. The summed E-state index contributed by atoms with van der Waals surface area (Å²) < 4.78 is 0. The van der Waals surface area contributed by atoms with Gasteiger partial charge in [0, 0.05) is 0 Å². The zero-order valence-corrected chi connectivity index (χ0v) is 8.18. The van der Waals surface area contributed by atoms with E-state index in [9.17, 15) is 10.1 Å². The molecule has 0 saturated carbocycles. The van der Waals surface area contributed by atoms with E-state index in [4.69, 9.17) is 0 Å². The van der Waals surface area contributed by atoms with Crippen molar-refractivity contribution < 1.29 is 5.03 Å². The summed E-state index contributed by atoms with van der Waals surface area (Å²) in [4.78, 5) is 11.2. The van der Waals surface area contributed by atoms with Gasteiger partial charge in [-0.15, -0.1) is 0 Å². The van der Waals surface area contributed by atoms with E-state index in [-0.39, 0.29) is 23.0 Å². The molecule has 3 aromatic heterocycles. The number of hydrogen-bond acceptors (Lipinski definition) is 10. The molecule has 0 radical (unpaired) electrons. The molecule has 0 N–H and O–H groups in total. The molecule has 0 aliphatic carbocycles. The van der Waals surface area contributed by atoms with Crippen molar-refractivity contribution in [3.05, 3.63) is 10.1 Å². The van der Waals surface area contributed by atoms with Crippen LogP contribution in [0.4, 0.5) is 0 Å². The van der Waals surface area contributed by atoms with Gasteiger partial charge in [-0.2, -0.15) is 10.4 Å². The monoisotopic (exact) mass is 248 g/mol. The maximum Gasteiger partial charge on any atom is 0.183 e. The highest BCUT2D eigenvalue weighted by Crippen LogP contribution is 2.23. The van der Waals surface area contributed by atoms with E-state index in [0.29, 0.717) is 4.79 Å². The van der Waals surface area contributed by atoms with Crippen molar-refractivity contribution in [1.29, 1.82) is 0 Å². The molecular formula is C4N12O2-2. The average Bonchev–Trinajstić information content (AvgIpc) is 3.10. The minimum Gasteiger partial charge on any atom is -0.339 e. The Morgan fingerprint density at radius 1 is 1.06 bits per heavy atom. The largest absolute Gasteiger partial charge is 0.339 e. The Morgan fingerprint density at radius 2 is 1.72 bits per heavy atom. The summed E-state index contributed by atoms with van der Waals surface area (Å²) in [5.41, 5.74) is -0.189. The SMILES string of the molecule is O=[N+]([O-])n1nnc(-c2nnn[n-]2)c1-c1nnn[n-]1. The van der Waals surface area contributed by atoms with Crippen molar-refractivity contribution in [2.75, 3.05) is 0 Å². The third-order valence-electron chi connectivity index (χ3n) is 1.87. The molecule has 0 aliphatic heterocycles. The normalized spacial score (nSPS) is 10.7. The lowest BCUT2D eigenvalue weighted by Crippen LogP contribution is -2.13. The van der Waals surface area contributed by atoms with Crippen LogP contribution >= 0.6 is 0 Å². The van der Waals surface area contributed by atoms with Crippen molar-refractivity contribution >= 4 is 0 Å². The van der Waals surface area contributed by atoms with Crippen LogP contribution in [0.15, 0.2) is 0 Å². The van der Waals surface area contributed by atoms with Gasteiger partial charge in [-0.25, -0.2) is 0 Å². The van der Waals surface area contributed by atoms with Gasteiger partial charge in [0.1, 0.15) is 0 Å². The fourth-order valence-corrected chi connectivity index (χ4v) is 1.21. The van der Waals surface area contributed by atoms with Gasteiger partial charge in [-0.3, -0.25) is 20.6 Å². The molecule has 3 aromatic rings. The highest BCUT2D eigenvalue weighted by Gasteiger charge is 2.23. The van der Waals surface area contributed by atoms with Crippen LogP contribution in [-0.4, -0.2) is 51.2 Å². The van der Waals surface area contributed by atoms with Gasteiger partial charge >= 0.3 is 0 Å². The lowest BCUT2D eigenvalue weighted by Gasteiger charge is -2.00. The van der Waals surface area contributed by atoms with E-state index in [1.807, 2.05) is 0 Å². The van der Waals surface area contributed by atoms with Crippen molar-refractivity contribution in [3.63, 3.8) is 0 Å². The lowest BCUT2D eigenvalue weighted by molar-refractivity contribution is -0.551. The molecule has 3 rings (SSSR count). The topological polar surface area (TPSA) is 179 Å². The van der Waals surface area contributed by atoms with E-state index >= 15 is 0 Å². The molecule has 0 amide bonds. The molecule has 0 unspecified atom stereocenters. The Balaban J connectivity index is 2.25. The van der Waals surface area contributed by atoms with Crippen LogP contribution in [0.2, 0.25) is 0 Å². The minimum absolute atomic E-state index is 0.0356. The highest BCUT2D eigenvalue weighted by atomic mass is 16.7. The van der Waals surface area contributed by atoms with E-state index in [1.54, 1.807) is 0 Å². The Bertz CT molecular complexity index is 665. The van der Waals surface area contributed by atoms with Crippen LogP contribution in [0.1, 0.15) is 0 Å². The van der Waals surface area contributed by atoms with Gasteiger partial charge in [0.25, 0.3) is 0 Å². The first kappa shape index (κ1) is 9.87. The van der Waals surface area contributed by atoms with E-state index in [2.05, 4.69) is 51.6 Å². The Kier molecular flexibility index (Phi) is 1.98. The van der Waals surface area contributed by atoms with E-state index < -0.39 is 5.03 Å². The second-order valence-corrected chi connectivity index (χ2v) is 2.82. The van der Waals surface area contributed by atoms with E-state index in [1.165, 1.54) is 0 Å². The summed E-state index contributed by atoms with van der Waals surface area (Å²) in [5.74, 6) is -0.167. The summed E-state index contributed by atoms with van der Waals surface area (Å²) in [6.45, 7) is 0. The number of tetrazole rings is 2. The number of rotatable bonds is 3. The molecular weight excluding hydrogens is 248 g/mol. The van der Waals surface area contributed by atoms with Gasteiger partial charge in [0.2, 0.25) is 0 Å². The minimum atomic E-state index is -0.814. The number of nitrogens with zero attached hydrogens (tertiary/aromatic N) is 12. The summed E-state index contributed by atoms with van der Waals surface area (Å²) >= 11 is 0. The van der Waals surface area contributed by atoms with Crippen molar-refractivity contribution in [3.8, 4) is 23.0 Å². The zero-order valence-electron chi connectivity index (χ0n) is 8.18. The Hall–Kier alpha value is -3.32. The molecule has 3 heterocycles. The molecule has 14 nitrogen and oxygen atoms in total. The predicted octanol–water partition coefficient (Wildman–Crippen LogP) is -3.06. The molecule has 90 valence electrons. The second-order valence-electron chi connectivity index (χ2n) is 2.82. The van der Waals surface area contributed by atoms with Crippen LogP contribution in [0.3, 0.4) is 0 Å². The smallest absolute Gasteiger partial charge is 0.183 e. The van der Waals surface area contributed by atoms with Crippen LogP contribution in [-0.2, 0) is 0 Å². The number of aromatic nitrogens is 11. The summed E-state index contributed by atoms with van der Waals surface area (Å²) in [5, 5.41) is 43.9. The fraction of sp³-hybridized carbons (Fsp3) is 0. The van der Waals surface area contributed by atoms with Crippen molar-refractivity contribution in [1.82, 2.24) is 56.4 Å². The van der Waals surface area contributed by atoms with Gasteiger partial charge in [0.05, 0.1) is 21.5 Å². The first-order valence-corrected chi connectivity index (χ1v) is 4.26. The summed E-state index contributed by atoms with van der Waals surface area (Å²) in [6, 6.07) is 0. The average molecular weight is 248 g/mol. The second kappa shape index (κ2) is 3.61. The molecule has 14 heteroatoms. The summed E-state index contributed by atoms with van der Waals surface area (Å²) in [7, 11) is 0. The van der Waals surface area contributed by atoms with Crippen LogP contribution in [0.25, 0.3) is 23.0 Å². The fourth-order valence-electron chi connectivity index (χ4n) is 1.21. The molecule has 0 saturated heterocycles. The molecule has 0 aliphatic rings. The van der Waals surface area contributed by atoms with Crippen LogP contribution in [0, 0.1) is 10.1 Å². The maximum absolute atomic E-state index is 10.8. The molecule has 0 spiro atoms. The molecule has 0 aromatic carbocycles. The summed E-state index contributed by atoms with van der Waals surface area (Å²) in [6.07, 6.45) is 0. The number of hydrogen-bond donors (Lipinski definition) is 0. The predicted molar refractivity (Wildman–Crippen MR) is 46.7 cm³/mol. The lowest BCUT2D eigenvalue weighted by atomic mass is 10.3. The molecule has 0 bridgehead atoms. The van der Waals surface area contributed by atoms with Gasteiger partial charge in [-0.1, -0.05) is 0 Å². The standard InChI is InChI=1S/C4N12O2/c17-16(18)15-2(4-8-12-13-9-4)1(5-14-15)3-6-10-11-7-3/q-2.